The molecule has 5 nitrogen and oxygen atoms in total. The number of unbranched alkanes of at least 4 members (excludes halogenated alkanes) is 2. The molecular formula is C18H32N4O+2. The summed E-state index contributed by atoms with van der Waals surface area (Å²) in [6, 6.07) is 0. The number of ether oxygens (including phenoxy) is 1. The molecule has 0 aliphatic rings. The summed E-state index contributed by atoms with van der Waals surface area (Å²) in [6.45, 7) is 9.26. The van der Waals surface area contributed by atoms with Gasteiger partial charge >= 0.3 is 0 Å². The van der Waals surface area contributed by atoms with Crippen LogP contribution in [0, 0.1) is 0 Å². The largest absolute Gasteiger partial charge is 0.381 e. The van der Waals surface area contributed by atoms with Crippen molar-refractivity contribution in [2.24, 2.45) is 0 Å². The fraction of sp³-hybridized carbons (Fsp3) is 0.667. The maximum Gasteiger partial charge on any atom is 0.254 e. The molecule has 0 saturated carbocycles. The highest BCUT2D eigenvalue weighted by molar-refractivity contribution is 4.77. The van der Waals surface area contributed by atoms with E-state index in [9.17, 15) is 0 Å². The van der Waals surface area contributed by atoms with Gasteiger partial charge in [0.15, 0.2) is 0 Å². The van der Waals surface area contributed by atoms with Crippen LogP contribution in [0.1, 0.15) is 45.4 Å². The highest BCUT2D eigenvalue weighted by atomic mass is 16.5. The summed E-state index contributed by atoms with van der Waals surface area (Å²) in [5.74, 6) is 1.32. The molecule has 23 heavy (non-hydrogen) atoms. The molecule has 0 saturated heterocycles. The second-order valence-electron chi connectivity index (χ2n) is 5.95. The molecule has 0 bridgehead atoms. The second kappa shape index (κ2) is 10.2. The fourth-order valence-corrected chi connectivity index (χ4v) is 2.76. The van der Waals surface area contributed by atoms with Gasteiger partial charge in [0.2, 0.25) is 6.33 Å². The van der Waals surface area contributed by atoms with E-state index in [0.717, 1.165) is 52.1 Å². The zero-order valence-corrected chi connectivity index (χ0v) is 14.7. The Bertz CT molecular complexity index is 547. The molecule has 2 aromatic heterocycles. The van der Waals surface area contributed by atoms with Crippen molar-refractivity contribution in [1.29, 1.82) is 0 Å². The number of hydrogen-bond donors (Lipinski definition) is 1. The fourth-order valence-electron chi connectivity index (χ4n) is 2.76. The highest BCUT2D eigenvalue weighted by Crippen LogP contribution is 1.99. The van der Waals surface area contributed by atoms with E-state index < -0.39 is 0 Å². The van der Waals surface area contributed by atoms with Gasteiger partial charge in [-0.1, -0.05) is 0 Å². The van der Waals surface area contributed by atoms with Crippen molar-refractivity contribution in [2.75, 3.05) is 13.2 Å². The van der Waals surface area contributed by atoms with Gasteiger partial charge in [0.1, 0.15) is 24.8 Å². The number of aryl methyl sites for hydroxylation is 4. The Kier molecular flexibility index (Phi) is 7.87. The van der Waals surface area contributed by atoms with Gasteiger partial charge in [0.25, 0.3) is 5.82 Å². The Morgan fingerprint density at radius 3 is 2.65 bits per heavy atom. The molecule has 0 radical (unpaired) electrons. The topological polar surface area (TPSA) is 37.7 Å². The molecule has 0 fully saturated rings. The van der Waals surface area contributed by atoms with E-state index >= 15 is 0 Å². The number of aromatic amines is 1. The van der Waals surface area contributed by atoms with Crippen molar-refractivity contribution >= 4 is 0 Å². The van der Waals surface area contributed by atoms with Crippen LogP contribution in [0.2, 0.25) is 0 Å². The third-order valence-electron chi connectivity index (χ3n) is 4.21. The highest BCUT2D eigenvalue weighted by Gasteiger charge is 2.07. The van der Waals surface area contributed by atoms with Crippen molar-refractivity contribution in [3.05, 3.63) is 36.9 Å². The third-order valence-corrected chi connectivity index (χ3v) is 4.21. The van der Waals surface area contributed by atoms with Crippen LogP contribution in [0.3, 0.4) is 0 Å². The summed E-state index contributed by atoms with van der Waals surface area (Å²) in [5, 5.41) is 0. The first kappa shape index (κ1) is 17.7. The first-order chi connectivity index (χ1) is 11.3. The van der Waals surface area contributed by atoms with Crippen LogP contribution in [0.25, 0.3) is 0 Å². The molecule has 0 unspecified atom stereocenters. The summed E-state index contributed by atoms with van der Waals surface area (Å²) in [7, 11) is 0. The first-order valence-corrected chi connectivity index (χ1v) is 9.01. The van der Waals surface area contributed by atoms with Gasteiger partial charge in [0, 0.05) is 19.6 Å². The summed E-state index contributed by atoms with van der Waals surface area (Å²) in [6.07, 6.45) is 16.3. The molecular weight excluding hydrogens is 288 g/mol. The molecule has 0 spiro atoms. The van der Waals surface area contributed by atoms with E-state index in [0.29, 0.717) is 0 Å². The molecule has 0 aromatic carbocycles. The predicted octanol–water partition coefficient (Wildman–Crippen LogP) is 2.25. The Labute approximate surface area is 139 Å². The maximum atomic E-state index is 5.74. The molecule has 2 rings (SSSR count). The van der Waals surface area contributed by atoms with Crippen LogP contribution in [0.4, 0.5) is 0 Å². The average molecular weight is 320 g/mol. The van der Waals surface area contributed by atoms with E-state index in [-0.39, 0.29) is 0 Å². The zero-order chi connectivity index (χ0) is 16.3. The number of H-pyrrole nitrogens is 1. The molecule has 5 heteroatoms. The summed E-state index contributed by atoms with van der Waals surface area (Å²) >= 11 is 0. The molecule has 2 heterocycles. The van der Waals surface area contributed by atoms with Crippen LogP contribution in [0.5, 0.6) is 0 Å². The number of hydrogen-bond acceptors (Lipinski definition) is 1. The van der Waals surface area contributed by atoms with Gasteiger partial charge in [-0.25, -0.2) is 18.7 Å². The summed E-state index contributed by atoms with van der Waals surface area (Å²) < 4.78 is 12.5. The lowest BCUT2D eigenvalue weighted by molar-refractivity contribution is -0.699. The van der Waals surface area contributed by atoms with E-state index in [1.807, 2.05) is 6.20 Å². The van der Waals surface area contributed by atoms with Crippen LogP contribution in [-0.4, -0.2) is 22.8 Å². The van der Waals surface area contributed by atoms with E-state index in [1.54, 1.807) is 0 Å². The van der Waals surface area contributed by atoms with Crippen molar-refractivity contribution < 1.29 is 13.9 Å². The lowest BCUT2D eigenvalue weighted by atomic mass is 10.2. The first-order valence-electron chi connectivity index (χ1n) is 9.01. The van der Waals surface area contributed by atoms with Crippen molar-refractivity contribution in [1.82, 2.24) is 9.55 Å². The van der Waals surface area contributed by atoms with Gasteiger partial charge in [-0.2, -0.15) is 0 Å². The summed E-state index contributed by atoms with van der Waals surface area (Å²) in [5.41, 5.74) is 0. The smallest absolute Gasteiger partial charge is 0.254 e. The van der Waals surface area contributed by atoms with E-state index in [1.165, 1.54) is 18.7 Å². The molecule has 1 N–H and O–H groups in total. The third kappa shape index (κ3) is 6.18. The number of aromatic nitrogens is 4. The Morgan fingerprint density at radius 2 is 1.91 bits per heavy atom. The van der Waals surface area contributed by atoms with Crippen molar-refractivity contribution in [3.8, 4) is 0 Å². The van der Waals surface area contributed by atoms with Crippen LogP contribution >= 0.6 is 0 Å². The monoisotopic (exact) mass is 320 g/mol. The number of imidazole rings is 2. The van der Waals surface area contributed by atoms with Gasteiger partial charge in [-0.05, 0) is 39.5 Å². The normalized spacial score (nSPS) is 11.2. The number of rotatable bonds is 12. The van der Waals surface area contributed by atoms with Crippen LogP contribution in [0.15, 0.2) is 31.1 Å². The predicted molar refractivity (Wildman–Crippen MR) is 90.0 cm³/mol. The lowest BCUT2D eigenvalue weighted by Gasteiger charge is -2.03. The van der Waals surface area contributed by atoms with Crippen LogP contribution in [-0.2, 0) is 30.8 Å². The molecule has 128 valence electrons. The SMILES string of the molecule is CCn1cc[n+](CCCCOCCCCc2[nH]cc[n+]2CC)c1. The Balaban J connectivity index is 1.43. The molecule has 0 aliphatic carbocycles. The zero-order valence-electron chi connectivity index (χ0n) is 14.7. The van der Waals surface area contributed by atoms with Crippen LogP contribution < -0.4 is 9.13 Å². The number of nitrogens with one attached hydrogen (secondary N) is 1. The van der Waals surface area contributed by atoms with Crippen molar-refractivity contribution in [3.63, 3.8) is 0 Å². The molecule has 0 atom stereocenters. The molecule has 0 amide bonds. The van der Waals surface area contributed by atoms with Gasteiger partial charge in [0.05, 0.1) is 19.6 Å². The second-order valence-corrected chi connectivity index (χ2v) is 5.95. The minimum Gasteiger partial charge on any atom is -0.381 e. The van der Waals surface area contributed by atoms with E-state index in [2.05, 4.69) is 57.5 Å². The molecule has 0 aliphatic heterocycles. The molecule has 2 aromatic rings. The quantitative estimate of drug-likeness (QED) is 0.473. The van der Waals surface area contributed by atoms with Crippen molar-refractivity contribution in [2.45, 2.75) is 65.6 Å². The van der Waals surface area contributed by atoms with Gasteiger partial charge in [-0.15, -0.1) is 0 Å². The summed E-state index contributed by atoms with van der Waals surface area (Å²) in [4.78, 5) is 3.32. The lowest BCUT2D eigenvalue weighted by Crippen LogP contribution is -2.34. The Morgan fingerprint density at radius 1 is 1.09 bits per heavy atom. The van der Waals surface area contributed by atoms with Gasteiger partial charge in [-0.3, -0.25) is 0 Å². The number of nitrogens with zero attached hydrogens (tertiary/aromatic N) is 3. The minimum atomic E-state index is 0.881. The minimum absolute atomic E-state index is 0.881. The van der Waals surface area contributed by atoms with Gasteiger partial charge < -0.3 is 4.74 Å². The van der Waals surface area contributed by atoms with E-state index in [4.69, 9.17) is 4.74 Å². The Hall–Kier alpha value is -1.62. The average Bonchev–Trinajstić information content (AvgIpc) is 3.21. The maximum absolute atomic E-state index is 5.74. The standard InChI is InChI=1S/C18H31N4O/c1-3-20-13-14-21(17-20)11-6-8-16-23-15-7-5-9-18-19-10-12-22(18)4-2/h10,12-14,17H,3-9,11,15-16H2,1-2H3/q+1/p+1.